The highest BCUT2D eigenvalue weighted by atomic mass is 32.1. The van der Waals surface area contributed by atoms with E-state index in [2.05, 4.69) is 15.6 Å². The molecule has 1 unspecified atom stereocenters. The molecule has 0 saturated carbocycles. The summed E-state index contributed by atoms with van der Waals surface area (Å²) in [5.74, 6) is 0.241. The molecule has 0 saturated heterocycles. The quantitative estimate of drug-likeness (QED) is 0.629. The molecule has 2 amide bonds. The number of carbonyl (C=O) groups excluding carboxylic acids is 2. The summed E-state index contributed by atoms with van der Waals surface area (Å²) in [6.07, 6.45) is 1.54. The number of rotatable bonds is 6. The molecule has 0 aliphatic heterocycles. The van der Waals surface area contributed by atoms with Crippen LogP contribution in [-0.2, 0) is 17.8 Å². The van der Waals surface area contributed by atoms with Crippen molar-refractivity contribution in [1.82, 2.24) is 10.3 Å². The Bertz CT molecular complexity index is 1080. The molecule has 30 heavy (non-hydrogen) atoms. The number of benzene rings is 2. The van der Waals surface area contributed by atoms with Crippen LogP contribution in [0, 0.1) is 6.92 Å². The van der Waals surface area contributed by atoms with Crippen LogP contribution in [0.5, 0.6) is 5.75 Å². The normalized spacial score (nSPS) is 14.8. The molecule has 3 aromatic rings. The molecule has 1 heterocycles. The summed E-state index contributed by atoms with van der Waals surface area (Å²) in [5.41, 5.74) is 3.44. The fraction of sp³-hybridized carbons (Fsp3) is 0.261. The van der Waals surface area contributed by atoms with Gasteiger partial charge in [-0.25, -0.2) is 4.98 Å². The van der Waals surface area contributed by atoms with Crippen LogP contribution in [0.4, 0.5) is 5.13 Å². The molecule has 4 rings (SSSR count). The van der Waals surface area contributed by atoms with Gasteiger partial charge < -0.3 is 10.1 Å². The zero-order valence-electron chi connectivity index (χ0n) is 16.9. The topological polar surface area (TPSA) is 80.3 Å². The number of anilines is 1. The summed E-state index contributed by atoms with van der Waals surface area (Å²) in [6.45, 7) is 2.41. The SMILES string of the molecule is COc1cccc(CNC(=O)C2CCc3sc(NC(=O)c4ccc(C)cc4)nc32)c1. The second kappa shape index (κ2) is 8.67. The molecule has 2 N–H and O–H groups in total. The van der Waals surface area contributed by atoms with Crippen molar-refractivity contribution in [3.8, 4) is 5.75 Å². The largest absolute Gasteiger partial charge is 0.497 e. The van der Waals surface area contributed by atoms with Crippen molar-refractivity contribution in [2.75, 3.05) is 12.4 Å². The number of aryl methyl sites for hydroxylation is 2. The van der Waals surface area contributed by atoms with Gasteiger partial charge in [-0.15, -0.1) is 11.3 Å². The Hall–Kier alpha value is -3.19. The van der Waals surface area contributed by atoms with Gasteiger partial charge in [-0.1, -0.05) is 29.8 Å². The van der Waals surface area contributed by atoms with Gasteiger partial charge in [0.2, 0.25) is 5.91 Å². The maximum Gasteiger partial charge on any atom is 0.257 e. The summed E-state index contributed by atoms with van der Waals surface area (Å²) in [6, 6.07) is 15.0. The lowest BCUT2D eigenvalue weighted by molar-refractivity contribution is -0.122. The molecule has 0 spiro atoms. The molecule has 0 radical (unpaired) electrons. The van der Waals surface area contributed by atoms with Gasteiger partial charge in [-0.05, 0) is 49.6 Å². The van der Waals surface area contributed by atoms with E-state index in [-0.39, 0.29) is 17.7 Å². The van der Waals surface area contributed by atoms with Gasteiger partial charge in [0.05, 0.1) is 18.7 Å². The maximum absolute atomic E-state index is 12.8. The standard InChI is InChI=1S/C23H23N3O3S/c1-14-6-8-16(9-7-14)21(27)26-23-25-20-18(10-11-19(20)30-23)22(28)24-13-15-4-3-5-17(12-15)29-2/h3-9,12,18H,10-11,13H2,1-2H3,(H,24,28)(H,25,26,27). The van der Waals surface area contributed by atoms with Crippen LogP contribution in [-0.4, -0.2) is 23.9 Å². The minimum atomic E-state index is -0.285. The molecule has 1 aliphatic carbocycles. The number of aromatic nitrogens is 1. The van der Waals surface area contributed by atoms with Crippen LogP contribution >= 0.6 is 11.3 Å². The lowest BCUT2D eigenvalue weighted by Gasteiger charge is -2.11. The number of nitrogens with zero attached hydrogens (tertiary/aromatic N) is 1. The number of amides is 2. The zero-order valence-corrected chi connectivity index (χ0v) is 17.7. The van der Waals surface area contributed by atoms with Crippen LogP contribution < -0.4 is 15.4 Å². The van der Waals surface area contributed by atoms with Gasteiger partial charge in [-0.2, -0.15) is 0 Å². The fourth-order valence-corrected chi connectivity index (χ4v) is 4.54. The van der Waals surface area contributed by atoms with Crippen molar-refractivity contribution in [2.24, 2.45) is 0 Å². The molecular weight excluding hydrogens is 398 g/mol. The number of methoxy groups -OCH3 is 1. The summed E-state index contributed by atoms with van der Waals surface area (Å²) >= 11 is 1.45. The zero-order chi connectivity index (χ0) is 21.1. The number of fused-ring (bicyclic) bond motifs is 1. The predicted molar refractivity (Wildman–Crippen MR) is 117 cm³/mol. The van der Waals surface area contributed by atoms with E-state index in [0.717, 1.165) is 40.3 Å². The first-order valence-corrected chi connectivity index (χ1v) is 10.6. The van der Waals surface area contributed by atoms with Gasteiger partial charge in [0, 0.05) is 17.0 Å². The molecule has 1 aromatic heterocycles. The van der Waals surface area contributed by atoms with Crippen LogP contribution in [0.2, 0.25) is 0 Å². The van der Waals surface area contributed by atoms with Crippen LogP contribution in [0.15, 0.2) is 48.5 Å². The van der Waals surface area contributed by atoms with Crippen LogP contribution in [0.3, 0.4) is 0 Å². The lowest BCUT2D eigenvalue weighted by atomic mass is 10.1. The Kier molecular flexibility index (Phi) is 5.81. The van der Waals surface area contributed by atoms with E-state index in [4.69, 9.17) is 4.74 Å². The Balaban J connectivity index is 1.40. The summed E-state index contributed by atoms with van der Waals surface area (Å²) in [7, 11) is 1.62. The Morgan fingerprint density at radius 3 is 2.77 bits per heavy atom. The molecule has 0 fully saturated rings. The van der Waals surface area contributed by atoms with E-state index in [1.807, 2.05) is 43.3 Å². The van der Waals surface area contributed by atoms with E-state index in [0.29, 0.717) is 17.2 Å². The van der Waals surface area contributed by atoms with Gasteiger partial charge in [0.25, 0.3) is 5.91 Å². The maximum atomic E-state index is 12.8. The van der Waals surface area contributed by atoms with Crippen molar-refractivity contribution < 1.29 is 14.3 Å². The Morgan fingerprint density at radius 2 is 2.00 bits per heavy atom. The van der Waals surface area contributed by atoms with E-state index in [1.165, 1.54) is 11.3 Å². The molecule has 1 atom stereocenters. The van der Waals surface area contributed by atoms with Crippen molar-refractivity contribution in [2.45, 2.75) is 32.2 Å². The number of hydrogen-bond donors (Lipinski definition) is 2. The number of nitrogens with one attached hydrogen (secondary N) is 2. The lowest BCUT2D eigenvalue weighted by Crippen LogP contribution is -2.28. The minimum Gasteiger partial charge on any atom is -0.497 e. The second-order valence-corrected chi connectivity index (χ2v) is 8.39. The van der Waals surface area contributed by atoms with E-state index in [1.54, 1.807) is 19.2 Å². The molecular formula is C23H23N3O3S. The van der Waals surface area contributed by atoms with Crippen molar-refractivity contribution >= 4 is 28.3 Å². The third kappa shape index (κ3) is 4.36. The summed E-state index contributed by atoms with van der Waals surface area (Å²) in [5, 5.41) is 6.39. The monoisotopic (exact) mass is 421 g/mol. The van der Waals surface area contributed by atoms with Crippen LogP contribution in [0.1, 0.15) is 44.4 Å². The molecule has 154 valence electrons. The van der Waals surface area contributed by atoms with Crippen molar-refractivity contribution in [1.29, 1.82) is 0 Å². The Morgan fingerprint density at radius 1 is 1.20 bits per heavy atom. The second-order valence-electron chi connectivity index (χ2n) is 7.31. The Labute approximate surface area is 179 Å². The third-order valence-electron chi connectivity index (χ3n) is 5.17. The molecule has 7 heteroatoms. The van der Waals surface area contributed by atoms with Gasteiger partial charge >= 0.3 is 0 Å². The van der Waals surface area contributed by atoms with Crippen molar-refractivity contribution in [3.63, 3.8) is 0 Å². The van der Waals surface area contributed by atoms with Crippen LogP contribution in [0.25, 0.3) is 0 Å². The van der Waals surface area contributed by atoms with Gasteiger partial charge in [-0.3, -0.25) is 14.9 Å². The first-order valence-electron chi connectivity index (χ1n) is 9.82. The molecule has 1 aliphatic rings. The highest BCUT2D eigenvalue weighted by molar-refractivity contribution is 7.16. The average Bonchev–Trinajstić information content (AvgIpc) is 3.32. The summed E-state index contributed by atoms with van der Waals surface area (Å²) in [4.78, 5) is 30.8. The first-order chi connectivity index (χ1) is 14.5. The van der Waals surface area contributed by atoms with Crippen molar-refractivity contribution in [3.05, 3.63) is 75.8 Å². The van der Waals surface area contributed by atoms with E-state index in [9.17, 15) is 9.59 Å². The number of thiazole rings is 1. The van der Waals surface area contributed by atoms with E-state index >= 15 is 0 Å². The number of ether oxygens (including phenoxy) is 1. The highest BCUT2D eigenvalue weighted by Crippen LogP contribution is 2.38. The highest BCUT2D eigenvalue weighted by Gasteiger charge is 2.32. The smallest absolute Gasteiger partial charge is 0.257 e. The fourth-order valence-electron chi connectivity index (χ4n) is 3.50. The van der Waals surface area contributed by atoms with E-state index < -0.39 is 0 Å². The molecule has 0 bridgehead atoms. The molecule has 6 nitrogen and oxygen atoms in total. The number of hydrogen-bond acceptors (Lipinski definition) is 5. The predicted octanol–water partition coefficient (Wildman–Crippen LogP) is 4.06. The van der Waals surface area contributed by atoms with Gasteiger partial charge in [0.1, 0.15) is 5.75 Å². The third-order valence-corrected chi connectivity index (χ3v) is 6.22. The molecule has 2 aromatic carbocycles. The van der Waals surface area contributed by atoms with Gasteiger partial charge in [0.15, 0.2) is 5.13 Å². The number of carbonyl (C=O) groups is 2. The summed E-state index contributed by atoms with van der Waals surface area (Å²) < 4.78 is 5.22. The average molecular weight is 422 g/mol. The minimum absolute atomic E-state index is 0.0433. The first kappa shape index (κ1) is 20.1.